The fourth-order valence-corrected chi connectivity index (χ4v) is 2.77. The molecule has 20 heavy (non-hydrogen) atoms. The fraction of sp³-hybridized carbons (Fsp3) is 0.643. The smallest absolute Gasteiger partial charge is 0.155 e. The Bertz CT molecular complexity index is 561. The SMILES string of the molecule is CCc1cc(CN2CCC[C@H](c3n[nH]c(C)n3)C2)on1. The number of rotatable bonds is 4. The molecule has 0 bridgehead atoms. The van der Waals surface area contributed by atoms with Gasteiger partial charge in [0.1, 0.15) is 5.82 Å². The van der Waals surface area contributed by atoms with Crippen LogP contribution in [0.25, 0.3) is 0 Å². The average molecular weight is 275 g/mol. The number of nitrogens with zero attached hydrogens (tertiary/aromatic N) is 4. The van der Waals surface area contributed by atoms with Gasteiger partial charge in [0, 0.05) is 18.5 Å². The Balaban J connectivity index is 1.63. The standard InChI is InChI=1S/C14H21N5O/c1-3-12-7-13(20-18-12)9-19-6-4-5-11(8-19)14-15-10(2)16-17-14/h7,11H,3-6,8-9H2,1-2H3,(H,15,16,17)/t11-/m0/s1. The van der Waals surface area contributed by atoms with E-state index in [-0.39, 0.29) is 0 Å². The van der Waals surface area contributed by atoms with E-state index in [1.54, 1.807) is 0 Å². The van der Waals surface area contributed by atoms with Crippen LogP contribution in [0, 0.1) is 6.92 Å². The molecule has 6 nitrogen and oxygen atoms in total. The molecule has 2 aromatic rings. The second-order valence-electron chi connectivity index (χ2n) is 5.49. The van der Waals surface area contributed by atoms with Crippen LogP contribution in [-0.2, 0) is 13.0 Å². The lowest BCUT2D eigenvalue weighted by molar-refractivity contribution is 0.177. The van der Waals surface area contributed by atoms with Gasteiger partial charge in [0.25, 0.3) is 0 Å². The van der Waals surface area contributed by atoms with E-state index >= 15 is 0 Å². The summed E-state index contributed by atoms with van der Waals surface area (Å²) in [5.41, 5.74) is 1.03. The Morgan fingerprint density at radius 3 is 3.10 bits per heavy atom. The van der Waals surface area contributed by atoms with Gasteiger partial charge in [-0.2, -0.15) is 5.10 Å². The summed E-state index contributed by atoms with van der Waals surface area (Å²) in [6, 6.07) is 2.06. The molecular formula is C14H21N5O. The highest BCUT2D eigenvalue weighted by molar-refractivity contribution is 5.06. The van der Waals surface area contributed by atoms with Gasteiger partial charge in [-0.1, -0.05) is 12.1 Å². The van der Waals surface area contributed by atoms with Crippen LogP contribution < -0.4 is 0 Å². The maximum absolute atomic E-state index is 5.37. The van der Waals surface area contributed by atoms with Crippen molar-refractivity contribution in [1.29, 1.82) is 0 Å². The second kappa shape index (κ2) is 5.75. The Kier molecular flexibility index (Phi) is 3.82. The molecule has 3 heterocycles. The van der Waals surface area contributed by atoms with Crippen molar-refractivity contribution >= 4 is 0 Å². The minimum absolute atomic E-state index is 0.419. The Labute approximate surface area is 118 Å². The summed E-state index contributed by atoms with van der Waals surface area (Å²) in [5.74, 6) is 3.20. The van der Waals surface area contributed by atoms with E-state index in [1.807, 2.05) is 6.92 Å². The minimum Gasteiger partial charge on any atom is -0.360 e. The van der Waals surface area contributed by atoms with Gasteiger partial charge in [-0.15, -0.1) is 0 Å². The molecule has 1 fully saturated rings. The highest BCUT2D eigenvalue weighted by Crippen LogP contribution is 2.25. The van der Waals surface area contributed by atoms with Crippen molar-refractivity contribution in [2.75, 3.05) is 13.1 Å². The quantitative estimate of drug-likeness (QED) is 0.924. The second-order valence-corrected chi connectivity index (χ2v) is 5.49. The molecule has 1 aliphatic rings. The van der Waals surface area contributed by atoms with Gasteiger partial charge in [-0.25, -0.2) is 4.98 Å². The van der Waals surface area contributed by atoms with Gasteiger partial charge in [0.2, 0.25) is 0 Å². The molecule has 1 saturated heterocycles. The Morgan fingerprint density at radius 2 is 2.40 bits per heavy atom. The summed E-state index contributed by atoms with van der Waals surface area (Å²) in [6.07, 6.45) is 3.25. The van der Waals surface area contributed by atoms with Gasteiger partial charge in [-0.05, 0) is 32.7 Å². The molecule has 0 aromatic carbocycles. The molecule has 108 valence electrons. The summed E-state index contributed by atoms with van der Waals surface area (Å²) >= 11 is 0. The van der Waals surface area contributed by atoms with E-state index in [9.17, 15) is 0 Å². The predicted molar refractivity (Wildman–Crippen MR) is 74.3 cm³/mol. The molecule has 0 spiro atoms. The highest BCUT2D eigenvalue weighted by atomic mass is 16.5. The number of hydrogen-bond acceptors (Lipinski definition) is 5. The molecule has 1 aliphatic heterocycles. The van der Waals surface area contributed by atoms with Crippen LogP contribution in [0.4, 0.5) is 0 Å². The van der Waals surface area contributed by atoms with Crippen molar-refractivity contribution in [3.8, 4) is 0 Å². The Morgan fingerprint density at radius 1 is 1.50 bits per heavy atom. The van der Waals surface area contributed by atoms with E-state index < -0.39 is 0 Å². The Hall–Kier alpha value is -1.69. The van der Waals surface area contributed by atoms with Crippen LogP contribution in [0.3, 0.4) is 0 Å². The van der Waals surface area contributed by atoms with Crippen LogP contribution in [0.5, 0.6) is 0 Å². The molecule has 0 amide bonds. The summed E-state index contributed by atoms with van der Waals surface area (Å²) in [6.45, 7) is 6.94. The molecule has 3 rings (SSSR count). The van der Waals surface area contributed by atoms with Crippen LogP contribution >= 0.6 is 0 Å². The fourth-order valence-electron chi connectivity index (χ4n) is 2.77. The molecule has 2 aromatic heterocycles. The van der Waals surface area contributed by atoms with Gasteiger partial charge >= 0.3 is 0 Å². The van der Waals surface area contributed by atoms with E-state index in [4.69, 9.17) is 4.52 Å². The monoisotopic (exact) mass is 275 g/mol. The van der Waals surface area contributed by atoms with Crippen molar-refractivity contribution in [3.63, 3.8) is 0 Å². The lowest BCUT2D eigenvalue weighted by atomic mass is 9.97. The number of H-pyrrole nitrogens is 1. The maximum atomic E-state index is 5.37. The van der Waals surface area contributed by atoms with Crippen molar-refractivity contribution in [3.05, 3.63) is 29.2 Å². The first-order valence-corrected chi connectivity index (χ1v) is 7.30. The average Bonchev–Trinajstić information content (AvgIpc) is 3.08. The first-order chi connectivity index (χ1) is 9.74. The first kappa shape index (κ1) is 13.3. The maximum Gasteiger partial charge on any atom is 0.155 e. The zero-order valence-electron chi connectivity index (χ0n) is 12.1. The molecule has 0 radical (unpaired) electrons. The molecule has 0 saturated carbocycles. The zero-order valence-corrected chi connectivity index (χ0v) is 12.1. The predicted octanol–water partition coefficient (Wildman–Crippen LogP) is 2.04. The van der Waals surface area contributed by atoms with E-state index in [1.165, 1.54) is 6.42 Å². The zero-order chi connectivity index (χ0) is 13.9. The lowest BCUT2D eigenvalue weighted by Crippen LogP contribution is -2.34. The number of nitrogens with one attached hydrogen (secondary N) is 1. The largest absolute Gasteiger partial charge is 0.360 e. The van der Waals surface area contributed by atoms with Crippen molar-refractivity contribution in [2.24, 2.45) is 0 Å². The van der Waals surface area contributed by atoms with Gasteiger partial charge in [0.05, 0.1) is 12.2 Å². The van der Waals surface area contributed by atoms with Gasteiger partial charge in [-0.3, -0.25) is 10.00 Å². The highest BCUT2D eigenvalue weighted by Gasteiger charge is 2.25. The lowest BCUT2D eigenvalue weighted by Gasteiger charge is -2.30. The van der Waals surface area contributed by atoms with Crippen LogP contribution in [0.2, 0.25) is 0 Å². The minimum atomic E-state index is 0.419. The molecular weight excluding hydrogens is 254 g/mol. The third kappa shape index (κ3) is 2.90. The van der Waals surface area contributed by atoms with E-state index in [2.05, 4.69) is 38.2 Å². The number of aromatic amines is 1. The summed E-state index contributed by atoms with van der Waals surface area (Å²) < 4.78 is 5.37. The molecule has 0 unspecified atom stereocenters. The van der Waals surface area contributed by atoms with Crippen LogP contribution in [0.15, 0.2) is 10.6 Å². The van der Waals surface area contributed by atoms with Crippen molar-refractivity contribution < 1.29 is 4.52 Å². The number of hydrogen-bond donors (Lipinski definition) is 1. The molecule has 1 atom stereocenters. The summed E-state index contributed by atoms with van der Waals surface area (Å²) in [4.78, 5) is 6.87. The summed E-state index contributed by atoms with van der Waals surface area (Å²) in [5, 5.41) is 11.3. The number of likely N-dealkylation sites (tertiary alicyclic amines) is 1. The third-order valence-electron chi connectivity index (χ3n) is 3.83. The molecule has 1 N–H and O–H groups in total. The topological polar surface area (TPSA) is 70.8 Å². The van der Waals surface area contributed by atoms with Crippen LogP contribution in [-0.4, -0.2) is 38.3 Å². The van der Waals surface area contributed by atoms with Crippen LogP contribution in [0.1, 0.15) is 48.8 Å². The van der Waals surface area contributed by atoms with E-state index in [0.29, 0.717) is 5.92 Å². The van der Waals surface area contributed by atoms with Crippen molar-refractivity contribution in [2.45, 2.75) is 45.6 Å². The third-order valence-corrected chi connectivity index (χ3v) is 3.83. The van der Waals surface area contributed by atoms with Crippen molar-refractivity contribution in [1.82, 2.24) is 25.2 Å². The molecule has 0 aliphatic carbocycles. The molecule has 6 heteroatoms. The number of aromatic nitrogens is 4. The number of aryl methyl sites for hydroxylation is 2. The summed E-state index contributed by atoms with van der Waals surface area (Å²) in [7, 11) is 0. The normalized spacial score (nSPS) is 20.4. The van der Waals surface area contributed by atoms with Gasteiger partial charge in [0.15, 0.2) is 11.6 Å². The number of piperidine rings is 1. The van der Waals surface area contributed by atoms with E-state index in [0.717, 1.165) is 55.6 Å². The van der Waals surface area contributed by atoms with Gasteiger partial charge < -0.3 is 4.52 Å². The first-order valence-electron chi connectivity index (χ1n) is 7.30.